The maximum absolute atomic E-state index is 2.56. The number of hydrogen-bond acceptors (Lipinski definition) is 0. The van der Waals surface area contributed by atoms with Crippen LogP contribution in [0.2, 0.25) is 12.6 Å². The van der Waals surface area contributed by atoms with E-state index in [1.807, 2.05) is 0 Å². The maximum Gasteiger partial charge on any atom is 0.115 e. The van der Waals surface area contributed by atoms with Crippen LogP contribution in [0.3, 0.4) is 0 Å². The van der Waals surface area contributed by atoms with Crippen molar-refractivity contribution in [2.24, 2.45) is 0 Å². The smallest absolute Gasteiger partial charge is 0.115 e. The Morgan fingerprint density at radius 2 is 1.78 bits per heavy atom. The van der Waals surface area contributed by atoms with Gasteiger partial charge in [-0.3, -0.25) is 0 Å². The van der Waals surface area contributed by atoms with Crippen LogP contribution in [-0.2, 0) is 0 Å². The molecule has 2 rings (SSSR count). The lowest BCUT2D eigenvalue weighted by atomic mass is 9.64. The number of rotatable bonds is 3. The van der Waals surface area contributed by atoms with Crippen LogP contribution in [-0.4, -0.2) is 48.4 Å². The molecule has 1 atom stereocenters. The molecule has 0 nitrogen and oxygen atoms in total. The molecule has 1 fully saturated rings. The van der Waals surface area contributed by atoms with Crippen LogP contribution in [0.15, 0.2) is 23.8 Å². The second-order valence-corrected chi connectivity index (χ2v) is 15.4. The molecule has 0 bridgehead atoms. The molecule has 0 amide bonds. The van der Waals surface area contributed by atoms with Gasteiger partial charge < -0.3 is 0 Å². The summed E-state index contributed by atoms with van der Waals surface area (Å²) < 4.78 is 0.989. The molecule has 1 aliphatic carbocycles. The van der Waals surface area contributed by atoms with Gasteiger partial charge in [0, 0.05) is 4.58 Å². The van der Waals surface area contributed by atoms with Crippen LogP contribution in [0, 0.1) is 0 Å². The van der Waals surface area contributed by atoms with Crippen LogP contribution < -0.4 is 0 Å². The van der Waals surface area contributed by atoms with Crippen molar-refractivity contribution in [3.8, 4) is 0 Å². The molecule has 0 spiro atoms. The number of allylic oxidation sites excluding steroid dienone is 4. The van der Waals surface area contributed by atoms with Crippen molar-refractivity contribution in [3.05, 3.63) is 23.8 Å². The highest BCUT2D eigenvalue weighted by atomic mass is 32.3. The molecule has 1 saturated heterocycles. The number of hydrogen-bond donors (Lipinski definition) is 0. The Labute approximate surface area is 118 Å². The predicted octanol–water partition coefficient (Wildman–Crippen LogP) is 4.27. The van der Waals surface area contributed by atoms with E-state index in [0.717, 1.165) is 4.58 Å². The van der Waals surface area contributed by atoms with Gasteiger partial charge in [-0.15, -0.1) is 0 Å². The van der Waals surface area contributed by atoms with Gasteiger partial charge in [0.2, 0.25) is 0 Å². The van der Waals surface area contributed by atoms with Gasteiger partial charge in [-0.25, -0.2) is 20.1 Å². The van der Waals surface area contributed by atoms with E-state index in [0.29, 0.717) is 5.82 Å². The predicted molar refractivity (Wildman–Crippen MR) is 94.2 cm³/mol. The summed E-state index contributed by atoms with van der Waals surface area (Å²) in [6, 6.07) is 0. The minimum absolute atomic E-state index is 0.359. The van der Waals surface area contributed by atoms with E-state index >= 15 is 0 Å². The Balaban J connectivity index is 2.06. The van der Waals surface area contributed by atoms with Crippen molar-refractivity contribution in [1.82, 2.24) is 0 Å². The highest BCUT2D eigenvalue weighted by Crippen LogP contribution is 2.70. The third-order valence-corrected chi connectivity index (χ3v) is 13.7. The Morgan fingerprint density at radius 3 is 2.22 bits per heavy atom. The fraction of sp³-hybridized carbons (Fsp3) is 0.733. The fourth-order valence-corrected chi connectivity index (χ4v) is 14.6. The minimum atomic E-state index is -0.359. The summed E-state index contributed by atoms with van der Waals surface area (Å²) in [6.07, 6.45) is 20.1. The van der Waals surface area contributed by atoms with Gasteiger partial charge in [0.15, 0.2) is 0 Å². The first-order valence-corrected chi connectivity index (χ1v) is 12.3. The van der Waals surface area contributed by atoms with Crippen molar-refractivity contribution < 1.29 is 0 Å². The molecule has 2 aliphatic rings. The molecule has 0 N–H and O–H groups in total. The molecule has 1 aliphatic heterocycles. The lowest BCUT2D eigenvalue weighted by Crippen LogP contribution is -2.17. The van der Waals surface area contributed by atoms with Gasteiger partial charge in [-0.2, -0.15) is 0 Å². The largest absolute Gasteiger partial charge is 0.235 e. The second-order valence-electron chi connectivity index (χ2n) is 6.66. The molecule has 1 unspecified atom stereocenters. The summed E-state index contributed by atoms with van der Waals surface area (Å²) in [5.41, 5.74) is 1.61. The molecule has 1 heterocycles. The summed E-state index contributed by atoms with van der Waals surface area (Å²) in [5.74, 6) is 3.68. The van der Waals surface area contributed by atoms with E-state index in [9.17, 15) is 0 Å². The standard InChI is InChI=1S/C15H28BS2/c1-16-14-8-6-13(7-9-14)12-15-17(2,3)10-11-18(15,4)5/h6-8,14-15H,9-12H2,1-5H3. The van der Waals surface area contributed by atoms with Gasteiger partial charge >= 0.3 is 0 Å². The third-order valence-electron chi connectivity index (χ3n) is 4.60. The van der Waals surface area contributed by atoms with Crippen LogP contribution in [0.25, 0.3) is 0 Å². The topological polar surface area (TPSA) is 0 Å². The monoisotopic (exact) mass is 283 g/mol. The van der Waals surface area contributed by atoms with E-state index in [-0.39, 0.29) is 20.1 Å². The summed E-state index contributed by atoms with van der Waals surface area (Å²) in [5, 5.41) is 0. The minimum Gasteiger partial charge on any atom is -0.235 e. The average molecular weight is 283 g/mol. The van der Waals surface area contributed by atoms with Crippen molar-refractivity contribution in [1.29, 1.82) is 0 Å². The highest BCUT2D eigenvalue weighted by Gasteiger charge is 2.40. The quantitative estimate of drug-likeness (QED) is 0.678. The van der Waals surface area contributed by atoms with Gasteiger partial charge in [0.25, 0.3) is 0 Å². The van der Waals surface area contributed by atoms with Crippen molar-refractivity contribution in [2.45, 2.75) is 30.1 Å². The summed E-state index contributed by atoms with van der Waals surface area (Å²) in [4.78, 5) is 0. The van der Waals surface area contributed by atoms with Gasteiger partial charge in [-0.1, -0.05) is 30.6 Å². The van der Waals surface area contributed by atoms with Crippen LogP contribution >= 0.6 is 20.1 Å². The van der Waals surface area contributed by atoms with E-state index in [4.69, 9.17) is 0 Å². The van der Waals surface area contributed by atoms with Crippen molar-refractivity contribution in [2.75, 3.05) is 36.5 Å². The van der Waals surface area contributed by atoms with Crippen molar-refractivity contribution in [3.63, 3.8) is 0 Å². The van der Waals surface area contributed by atoms with Crippen LogP contribution in [0.4, 0.5) is 0 Å². The molecular weight excluding hydrogens is 255 g/mol. The summed E-state index contributed by atoms with van der Waals surface area (Å²) in [7, 11) is 1.59. The van der Waals surface area contributed by atoms with E-state index < -0.39 is 0 Å². The second kappa shape index (κ2) is 5.32. The molecule has 0 aromatic heterocycles. The normalized spacial score (nSPS) is 33.8. The molecule has 0 aromatic rings. The molecule has 0 aromatic carbocycles. The lowest BCUT2D eigenvalue weighted by Gasteiger charge is -2.42. The first kappa shape index (κ1) is 14.6. The molecule has 1 radical (unpaired) electrons. The summed E-state index contributed by atoms with van der Waals surface area (Å²) in [6.45, 7) is 2.17. The lowest BCUT2D eigenvalue weighted by molar-refractivity contribution is 0.962. The zero-order valence-electron chi connectivity index (χ0n) is 12.6. The molecular formula is C15H28BS2. The van der Waals surface area contributed by atoms with Gasteiger partial charge in [0.05, 0.1) is 0 Å². The molecule has 3 heteroatoms. The zero-order valence-corrected chi connectivity index (χ0v) is 14.2. The molecule has 0 saturated carbocycles. The Hall–Kier alpha value is 0.245. The van der Waals surface area contributed by atoms with E-state index in [2.05, 4.69) is 57.4 Å². The fourth-order valence-electron chi connectivity index (χ4n) is 3.12. The third kappa shape index (κ3) is 3.04. The van der Waals surface area contributed by atoms with Crippen LogP contribution in [0.1, 0.15) is 12.8 Å². The van der Waals surface area contributed by atoms with Crippen molar-refractivity contribution >= 4 is 27.3 Å². The van der Waals surface area contributed by atoms with E-state index in [1.54, 1.807) is 5.57 Å². The Kier molecular flexibility index (Phi) is 4.33. The highest BCUT2D eigenvalue weighted by molar-refractivity contribution is 8.51. The first-order chi connectivity index (χ1) is 8.35. The van der Waals surface area contributed by atoms with E-state index in [1.165, 1.54) is 24.3 Å². The SMILES string of the molecule is C[B]C1C=CC(CC2S(C)(C)CCS2(C)C)=CC1. The van der Waals surface area contributed by atoms with Gasteiger partial charge in [-0.05, 0) is 55.2 Å². The molecule has 103 valence electrons. The Bertz CT molecular complexity index is 353. The average Bonchev–Trinajstić information content (AvgIpc) is 2.53. The maximum atomic E-state index is 2.56. The van der Waals surface area contributed by atoms with Gasteiger partial charge in [0.1, 0.15) is 7.28 Å². The van der Waals surface area contributed by atoms with Crippen LogP contribution in [0.5, 0.6) is 0 Å². The molecule has 18 heavy (non-hydrogen) atoms. The Morgan fingerprint density at radius 1 is 1.17 bits per heavy atom. The zero-order chi connectivity index (χ0) is 13.4. The first-order valence-electron chi connectivity index (χ1n) is 6.91. The summed E-state index contributed by atoms with van der Waals surface area (Å²) >= 11 is 0.